The Kier molecular flexibility index (Phi) is 7.14. The van der Waals surface area contributed by atoms with Gasteiger partial charge >= 0.3 is 5.97 Å². The second-order valence-corrected chi connectivity index (χ2v) is 6.03. The molecule has 2 rings (SSSR count). The molecule has 1 aromatic carbocycles. The lowest BCUT2D eigenvalue weighted by molar-refractivity contribution is -0.133. The standard InChI is InChI=1S/C19H26O4/c1-22-16-11-13-17(14-12-16)23-19(21)10-6-5-9-18(20)15-7-3-2-4-8-15/h5-6,11-15,18,20H,2-4,7-10H2,1H3/b6-5+/t18-/m1/s1. The van der Waals surface area contributed by atoms with E-state index in [4.69, 9.17) is 9.47 Å². The Hall–Kier alpha value is -1.81. The summed E-state index contributed by atoms with van der Waals surface area (Å²) in [5.74, 6) is 1.34. The molecule has 4 heteroatoms. The molecule has 0 bridgehead atoms. The van der Waals surface area contributed by atoms with Gasteiger partial charge < -0.3 is 14.6 Å². The highest BCUT2D eigenvalue weighted by Gasteiger charge is 2.20. The predicted molar refractivity (Wildman–Crippen MR) is 89.6 cm³/mol. The van der Waals surface area contributed by atoms with E-state index in [1.54, 1.807) is 37.5 Å². The van der Waals surface area contributed by atoms with Gasteiger partial charge in [0.25, 0.3) is 0 Å². The van der Waals surface area contributed by atoms with Gasteiger partial charge in [-0.15, -0.1) is 0 Å². The lowest BCUT2D eigenvalue weighted by Gasteiger charge is -2.25. The molecular weight excluding hydrogens is 292 g/mol. The summed E-state index contributed by atoms with van der Waals surface area (Å²) in [7, 11) is 1.59. The Balaban J connectivity index is 1.68. The maximum absolute atomic E-state index is 11.7. The van der Waals surface area contributed by atoms with Crippen LogP contribution in [0.3, 0.4) is 0 Å². The number of methoxy groups -OCH3 is 1. The van der Waals surface area contributed by atoms with Crippen LogP contribution >= 0.6 is 0 Å². The van der Waals surface area contributed by atoms with Crippen molar-refractivity contribution < 1.29 is 19.4 Å². The third kappa shape index (κ3) is 6.06. The lowest BCUT2D eigenvalue weighted by Crippen LogP contribution is -2.22. The first kappa shape index (κ1) is 17.5. The van der Waals surface area contributed by atoms with Crippen LogP contribution < -0.4 is 9.47 Å². The van der Waals surface area contributed by atoms with Gasteiger partial charge in [0, 0.05) is 0 Å². The van der Waals surface area contributed by atoms with Crippen molar-refractivity contribution in [3.63, 3.8) is 0 Å². The van der Waals surface area contributed by atoms with E-state index in [-0.39, 0.29) is 18.5 Å². The molecule has 23 heavy (non-hydrogen) atoms. The minimum Gasteiger partial charge on any atom is -0.497 e. The molecule has 1 N–H and O–H groups in total. The summed E-state index contributed by atoms with van der Waals surface area (Å²) in [4.78, 5) is 11.7. The zero-order valence-corrected chi connectivity index (χ0v) is 13.7. The van der Waals surface area contributed by atoms with Gasteiger partial charge in [0.1, 0.15) is 11.5 Å². The maximum Gasteiger partial charge on any atom is 0.315 e. The topological polar surface area (TPSA) is 55.8 Å². The summed E-state index contributed by atoms with van der Waals surface area (Å²) in [6, 6.07) is 6.90. The number of aliphatic hydroxyl groups excluding tert-OH is 1. The van der Waals surface area contributed by atoms with Gasteiger partial charge in [-0.05, 0) is 49.4 Å². The molecular formula is C19H26O4. The Bertz CT molecular complexity index is 501. The number of carbonyl (C=O) groups is 1. The number of rotatable bonds is 7. The van der Waals surface area contributed by atoms with Gasteiger partial charge in [-0.25, -0.2) is 0 Å². The van der Waals surface area contributed by atoms with Gasteiger partial charge in [0.15, 0.2) is 0 Å². The van der Waals surface area contributed by atoms with Gasteiger partial charge in [0.05, 0.1) is 19.6 Å². The summed E-state index contributed by atoms with van der Waals surface area (Å²) in [6.07, 6.45) is 10.2. The van der Waals surface area contributed by atoms with Crippen molar-refractivity contribution in [1.29, 1.82) is 0 Å². The molecule has 126 valence electrons. The lowest BCUT2D eigenvalue weighted by atomic mass is 9.84. The number of carbonyl (C=O) groups excluding carboxylic acids is 1. The molecule has 1 atom stereocenters. The monoisotopic (exact) mass is 318 g/mol. The van der Waals surface area contributed by atoms with E-state index in [0.29, 0.717) is 18.1 Å². The molecule has 0 radical (unpaired) electrons. The highest BCUT2D eigenvalue weighted by Crippen LogP contribution is 2.27. The van der Waals surface area contributed by atoms with Gasteiger partial charge in [-0.2, -0.15) is 0 Å². The molecule has 0 aliphatic heterocycles. The number of aliphatic hydroxyl groups is 1. The fourth-order valence-corrected chi connectivity index (χ4v) is 2.94. The number of benzene rings is 1. The third-order valence-corrected chi connectivity index (χ3v) is 4.31. The highest BCUT2D eigenvalue weighted by atomic mass is 16.5. The van der Waals surface area contributed by atoms with Gasteiger partial charge in [0.2, 0.25) is 0 Å². The van der Waals surface area contributed by atoms with Crippen LogP contribution in [-0.4, -0.2) is 24.3 Å². The average Bonchev–Trinajstić information content (AvgIpc) is 2.60. The van der Waals surface area contributed by atoms with Crippen LogP contribution in [0.15, 0.2) is 36.4 Å². The van der Waals surface area contributed by atoms with Crippen LogP contribution in [0.25, 0.3) is 0 Å². The van der Waals surface area contributed by atoms with Crippen LogP contribution in [-0.2, 0) is 4.79 Å². The quantitative estimate of drug-likeness (QED) is 0.471. The molecule has 0 spiro atoms. The smallest absolute Gasteiger partial charge is 0.315 e. The van der Waals surface area contributed by atoms with Gasteiger partial charge in [-0.1, -0.05) is 31.4 Å². The van der Waals surface area contributed by atoms with Crippen LogP contribution in [0.4, 0.5) is 0 Å². The molecule has 0 heterocycles. The molecule has 1 aliphatic rings. The zero-order valence-electron chi connectivity index (χ0n) is 13.7. The third-order valence-electron chi connectivity index (χ3n) is 4.31. The van der Waals surface area contributed by atoms with E-state index in [0.717, 1.165) is 18.6 Å². The normalized spacial score (nSPS) is 17.1. The van der Waals surface area contributed by atoms with Gasteiger partial charge in [-0.3, -0.25) is 4.79 Å². The number of hydrogen-bond acceptors (Lipinski definition) is 4. The van der Waals surface area contributed by atoms with Crippen molar-refractivity contribution in [3.05, 3.63) is 36.4 Å². The first-order chi connectivity index (χ1) is 11.2. The highest BCUT2D eigenvalue weighted by molar-refractivity contribution is 5.73. The van der Waals surface area contributed by atoms with Crippen molar-refractivity contribution in [1.82, 2.24) is 0 Å². The second-order valence-electron chi connectivity index (χ2n) is 6.03. The van der Waals surface area contributed by atoms with Crippen molar-refractivity contribution in [2.75, 3.05) is 7.11 Å². The number of esters is 1. The molecule has 1 aliphatic carbocycles. The van der Waals surface area contributed by atoms with Crippen molar-refractivity contribution >= 4 is 5.97 Å². The van der Waals surface area contributed by atoms with E-state index < -0.39 is 0 Å². The fraction of sp³-hybridized carbons (Fsp3) is 0.526. The first-order valence-corrected chi connectivity index (χ1v) is 8.37. The molecule has 0 amide bonds. The van der Waals surface area contributed by atoms with E-state index >= 15 is 0 Å². The van der Waals surface area contributed by atoms with E-state index in [1.165, 1.54) is 19.3 Å². The van der Waals surface area contributed by atoms with E-state index in [2.05, 4.69) is 0 Å². The van der Waals surface area contributed by atoms with Crippen LogP contribution in [0.5, 0.6) is 11.5 Å². The SMILES string of the molecule is COc1ccc(OC(=O)C/C=C/C[C@@H](O)C2CCCCC2)cc1. The van der Waals surface area contributed by atoms with E-state index in [9.17, 15) is 9.90 Å². The maximum atomic E-state index is 11.7. The summed E-state index contributed by atoms with van der Waals surface area (Å²) in [5, 5.41) is 10.1. The van der Waals surface area contributed by atoms with Crippen LogP contribution in [0.2, 0.25) is 0 Å². The van der Waals surface area contributed by atoms with Crippen molar-refractivity contribution in [3.8, 4) is 11.5 Å². The summed E-state index contributed by atoms with van der Waals surface area (Å²) in [5.41, 5.74) is 0. The molecule has 0 unspecified atom stereocenters. The number of hydrogen-bond donors (Lipinski definition) is 1. The minimum absolute atomic E-state index is 0.212. The molecule has 0 aromatic heterocycles. The Labute approximate surface area is 138 Å². The van der Waals surface area contributed by atoms with E-state index in [1.807, 2.05) is 6.08 Å². The summed E-state index contributed by atoms with van der Waals surface area (Å²) in [6.45, 7) is 0. The zero-order chi connectivity index (χ0) is 16.5. The fourth-order valence-electron chi connectivity index (χ4n) is 2.94. The largest absolute Gasteiger partial charge is 0.497 e. The average molecular weight is 318 g/mol. The second kappa shape index (κ2) is 9.36. The molecule has 0 saturated heterocycles. The molecule has 1 saturated carbocycles. The predicted octanol–water partition coefficient (Wildman–Crippen LogP) is 3.88. The van der Waals surface area contributed by atoms with Crippen LogP contribution in [0, 0.1) is 5.92 Å². The summed E-state index contributed by atoms with van der Waals surface area (Å²) >= 11 is 0. The van der Waals surface area contributed by atoms with Crippen molar-refractivity contribution in [2.24, 2.45) is 5.92 Å². The molecule has 1 fully saturated rings. The van der Waals surface area contributed by atoms with Crippen molar-refractivity contribution in [2.45, 2.75) is 51.0 Å². The molecule has 1 aromatic rings. The van der Waals surface area contributed by atoms with Crippen LogP contribution in [0.1, 0.15) is 44.9 Å². The minimum atomic E-state index is -0.307. The number of ether oxygens (including phenoxy) is 2. The Morgan fingerprint density at radius 2 is 1.83 bits per heavy atom. The molecule has 4 nitrogen and oxygen atoms in total. The first-order valence-electron chi connectivity index (χ1n) is 8.37. The Morgan fingerprint density at radius 1 is 1.17 bits per heavy atom. The Morgan fingerprint density at radius 3 is 2.48 bits per heavy atom. The summed E-state index contributed by atoms with van der Waals surface area (Å²) < 4.78 is 10.3.